The van der Waals surface area contributed by atoms with Crippen LogP contribution in [0.2, 0.25) is 5.02 Å². The summed E-state index contributed by atoms with van der Waals surface area (Å²) in [7, 11) is 3.29. The molecule has 1 fully saturated rings. The highest BCUT2D eigenvalue weighted by atomic mass is 35.5. The number of likely N-dealkylation sites (N-methyl/N-ethyl adjacent to an activating group) is 1. The van der Waals surface area contributed by atoms with E-state index in [1.807, 2.05) is 0 Å². The monoisotopic (exact) mass is 1160 g/mol. The first-order valence-electron chi connectivity index (χ1n) is 25.5. The van der Waals surface area contributed by atoms with E-state index in [0.29, 0.717) is 33.7 Å². The largest absolute Gasteiger partial charge is 0.508 e. The molecule has 430 valence electrons. The number of hydrogen-bond acceptors (Lipinski definition) is 16. The molecule has 0 aliphatic carbocycles. The zero-order valence-electron chi connectivity index (χ0n) is 44.0. The van der Waals surface area contributed by atoms with Crippen LogP contribution in [0.3, 0.4) is 0 Å². The molecule has 23 nitrogen and oxygen atoms in total. The molecular formula is C54H68ClN11O12S2. The number of rotatable bonds is 19. The minimum absolute atomic E-state index is 0.0362. The number of primary amides is 2. The summed E-state index contributed by atoms with van der Waals surface area (Å²) in [5, 5.41) is 47.2. The van der Waals surface area contributed by atoms with Gasteiger partial charge in [0.25, 0.3) is 0 Å². The van der Waals surface area contributed by atoms with Crippen molar-refractivity contribution in [2.75, 3.05) is 25.1 Å². The van der Waals surface area contributed by atoms with E-state index < -0.39 is 108 Å². The van der Waals surface area contributed by atoms with Crippen molar-refractivity contribution in [1.82, 2.24) is 36.8 Å². The molecule has 9 atom stereocenters. The van der Waals surface area contributed by atoms with E-state index in [9.17, 15) is 58.5 Å². The maximum atomic E-state index is 14.9. The number of unbranched alkanes of at least 4 members (excludes halogenated alkanes) is 1. The fraction of sp³-hybridized carbons (Fsp3) is 0.389. The Morgan fingerprint density at radius 2 is 1.15 bits per heavy atom. The summed E-state index contributed by atoms with van der Waals surface area (Å²) >= 11 is 6.09. The SMILES string of the molecule is CC(O)C1NC(=O)[C@H](CCCCN)NC(=O)[C@@H](Cc2ccc(C(N)=O)cc2)NC(=O)[C@H](Cc2ccc(O)cc2)NC(=O)[C@H](N(C)C(=O)[C@@H](N)Cc2ccc(Cl)cc2)CSSC[C@@H](C(=O)N[C@H](Cc2ccc(O)cc2)C(N)=O)NC1=O. The Bertz CT molecular complexity index is 2800. The summed E-state index contributed by atoms with van der Waals surface area (Å²) in [5.74, 6) is -8.62. The van der Waals surface area contributed by atoms with Gasteiger partial charge < -0.3 is 75.1 Å². The summed E-state index contributed by atoms with van der Waals surface area (Å²) in [6.07, 6.45) is -1.56. The van der Waals surface area contributed by atoms with Gasteiger partial charge in [-0.25, -0.2) is 0 Å². The number of carbonyl (C=O) groups excluding carboxylic acids is 9. The predicted molar refractivity (Wildman–Crippen MR) is 302 cm³/mol. The Kier molecular flexibility index (Phi) is 24.4. The van der Waals surface area contributed by atoms with Crippen LogP contribution < -0.4 is 54.8 Å². The van der Waals surface area contributed by atoms with E-state index in [1.165, 1.54) is 86.8 Å². The summed E-state index contributed by atoms with van der Waals surface area (Å²) in [6.45, 7) is 1.42. The lowest BCUT2D eigenvalue weighted by Gasteiger charge is -2.31. The van der Waals surface area contributed by atoms with Crippen LogP contribution in [0, 0.1) is 0 Å². The summed E-state index contributed by atoms with van der Waals surface area (Å²) in [5.41, 5.74) is 25.7. The number of nitrogens with two attached hydrogens (primary N) is 4. The highest BCUT2D eigenvalue weighted by molar-refractivity contribution is 8.76. The van der Waals surface area contributed by atoms with Crippen molar-refractivity contribution in [2.24, 2.45) is 22.9 Å². The van der Waals surface area contributed by atoms with E-state index in [2.05, 4.69) is 31.9 Å². The number of nitrogens with zero attached hydrogens (tertiary/aromatic N) is 1. The number of halogens is 1. The summed E-state index contributed by atoms with van der Waals surface area (Å²) in [6, 6.07) is 12.4. The number of aliphatic hydroxyl groups is 1. The van der Waals surface area contributed by atoms with Gasteiger partial charge in [-0.05, 0) is 110 Å². The van der Waals surface area contributed by atoms with Crippen molar-refractivity contribution in [3.63, 3.8) is 0 Å². The molecule has 0 saturated carbocycles. The molecule has 17 N–H and O–H groups in total. The Morgan fingerprint density at radius 3 is 1.69 bits per heavy atom. The predicted octanol–water partition coefficient (Wildman–Crippen LogP) is -0.426. The molecular weight excluding hydrogens is 1090 g/mol. The van der Waals surface area contributed by atoms with Crippen LogP contribution in [-0.2, 0) is 64.0 Å². The second-order valence-electron chi connectivity index (χ2n) is 19.2. The summed E-state index contributed by atoms with van der Waals surface area (Å²) in [4.78, 5) is 127. The van der Waals surface area contributed by atoms with E-state index in [4.69, 9.17) is 34.5 Å². The number of aliphatic hydroxyl groups excluding tert-OH is 1. The maximum absolute atomic E-state index is 14.9. The Morgan fingerprint density at radius 1 is 0.662 bits per heavy atom. The van der Waals surface area contributed by atoms with E-state index in [1.54, 1.807) is 24.3 Å². The topological polar surface area (TPSA) is 394 Å². The molecule has 0 spiro atoms. The van der Waals surface area contributed by atoms with Crippen LogP contribution in [0.15, 0.2) is 97.1 Å². The number of carbonyl (C=O) groups is 9. The van der Waals surface area contributed by atoms with Crippen LogP contribution >= 0.6 is 33.2 Å². The van der Waals surface area contributed by atoms with Gasteiger partial charge in [-0.3, -0.25) is 43.2 Å². The van der Waals surface area contributed by atoms with E-state index in [-0.39, 0.29) is 73.6 Å². The molecule has 0 aromatic heterocycles. The third kappa shape index (κ3) is 19.4. The first-order chi connectivity index (χ1) is 38.0. The molecule has 4 aromatic carbocycles. The fourth-order valence-corrected chi connectivity index (χ4v) is 10.9. The number of phenols is 2. The smallest absolute Gasteiger partial charge is 0.248 e. The molecule has 5 rings (SSSR count). The van der Waals surface area contributed by atoms with Crippen LogP contribution in [0.4, 0.5) is 0 Å². The zero-order valence-corrected chi connectivity index (χ0v) is 46.4. The van der Waals surface area contributed by atoms with Gasteiger partial charge in [-0.2, -0.15) is 0 Å². The average Bonchev–Trinajstić information content (AvgIpc) is 3.42. The van der Waals surface area contributed by atoms with Crippen LogP contribution in [0.25, 0.3) is 0 Å². The van der Waals surface area contributed by atoms with Gasteiger partial charge in [0, 0.05) is 48.4 Å². The molecule has 4 aromatic rings. The van der Waals surface area contributed by atoms with Crippen molar-refractivity contribution in [3.8, 4) is 11.5 Å². The van der Waals surface area contributed by atoms with Crippen LogP contribution in [0.1, 0.15) is 58.8 Å². The molecule has 2 unspecified atom stereocenters. The lowest BCUT2D eigenvalue weighted by atomic mass is 10.00. The van der Waals surface area contributed by atoms with Crippen molar-refractivity contribution in [2.45, 2.75) is 106 Å². The zero-order chi connectivity index (χ0) is 58.6. The first-order valence-corrected chi connectivity index (χ1v) is 28.3. The second kappa shape index (κ2) is 30.8. The van der Waals surface area contributed by atoms with Crippen molar-refractivity contribution < 1.29 is 58.5 Å². The van der Waals surface area contributed by atoms with Crippen LogP contribution in [-0.4, -0.2) is 153 Å². The number of phenolic OH excluding ortho intramolecular Hbond substituents is 2. The van der Waals surface area contributed by atoms with Gasteiger partial charge in [0.15, 0.2) is 0 Å². The molecule has 1 heterocycles. The molecule has 1 saturated heterocycles. The van der Waals surface area contributed by atoms with Crippen molar-refractivity contribution in [3.05, 3.63) is 130 Å². The number of amides is 9. The molecule has 1 aliphatic heterocycles. The normalized spacial score (nSPS) is 20.9. The van der Waals surface area contributed by atoms with E-state index >= 15 is 0 Å². The molecule has 1 aliphatic rings. The number of aromatic hydroxyl groups is 2. The van der Waals surface area contributed by atoms with Crippen LogP contribution in [0.5, 0.6) is 11.5 Å². The van der Waals surface area contributed by atoms with E-state index in [0.717, 1.165) is 26.5 Å². The third-order valence-corrected chi connectivity index (χ3v) is 15.6. The first kappa shape index (κ1) is 63.4. The summed E-state index contributed by atoms with van der Waals surface area (Å²) < 4.78 is 0. The molecule has 80 heavy (non-hydrogen) atoms. The second-order valence-corrected chi connectivity index (χ2v) is 22.2. The van der Waals surface area contributed by atoms with Crippen molar-refractivity contribution in [1.29, 1.82) is 0 Å². The Hall–Kier alpha value is -7.42. The number of hydrogen-bond donors (Lipinski definition) is 13. The van der Waals surface area contributed by atoms with Gasteiger partial charge in [0.05, 0.1) is 12.1 Å². The average molecular weight is 1160 g/mol. The fourth-order valence-electron chi connectivity index (χ4n) is 8.34. The standard InChI is InChI=1S/C54H68ClN11O12S2/c1-29(67)45-53(77)64-43(51(75)61-40(47(59)71)24-32-10-18-36(68)19-11-32)27-79-80-28-44(66(2)54(78)38(57)23-30-8-16-35(55)17-9-30)52(76)63-42(26-33-12-20-37(69)21-13-33)50(74)62-41(25-31-6-14-34(15-7-31)46(58)70)49(73)60-39(48(72)65-45)5-3-4-22-56/h6-21,29,38-45,67-69H,3-5,22-28,56-57H2,1-2H3,(H2,58,70)(H2,59,71)(H,60,73)(H,61,75)(H,62,74)(H,63,76)(H,64,77)(H,65,72)/t29?,38-,39-,40+,41+,42-,43-,44+,45?/m0/s1. The Labute approximate surface area is 475 Å². The lowest BCUT2D eigenvalue weighted by Crippen LogP contribution is -2.62. The molecule has 0 bridgehead atoms. The number of benzene rings is 4. The number of nitrogens with one attached hydrogen (secondary N) is 6. The molecule has 9 amide bonds. The highest BCUT2D eigenvalue weighted by Gasteiger charge is 2.37. The minimum Gasteiger partial charge on any atom is -0.508 e. The van der Waals surface area contributed by atoms with Gasteiger partial charge in [0.2, 0.25) is 53.2 Å². The quantitative estimate of drug-likeness (QED) is 0.0419. The van der Waals surface area contributed by atoms with Gasteiger partial charge >= 0.3 is 0 Å². The Balaban J connectivity index is 1.60. The van der Waals surface area contributed by atoms with Gasteiger partial charge in [-0.1, -0.05) is 81.7 Å². The minimum atomic E-state index is -1.76. The van der Waals surface area contributed by atoms with Gasteiger partial charge in [0.1, 0.15) is 53.8 Å². The molecule has 26 heteroatoms. The van der Waals surface area contributed by atoms with Gasteiger partial charge in [-0.15, -0.1) is 0 Å². The molecule has 0 radical (unpaired) electrons. The highest BCUT2D eigenvalue weighted by Crippen LogP contribution is 2.26. The maximum Gasteiger partial charge on any atom is 0.248 e. The third-order valence-electron chi connectivity index (χ3n) is 13.0. The van der Waals surface area contributed by atoms with Crippen molar-refractivity contribution >= 4 is 86.4 Å². The lowest BCUT2D eigenvalue weighted by molar-refractivity contribution is -0.140.